The lowest BCUT2D eigenvalue weighted by atomic mass is 9.95. The molecule has 0 unspecified atom stereocenters. The molecule has 2 aromatic rings. The van der Waals surface area contributed by atoms with E-state index in [4.69, 9.17) is 22.1 Å². The number of carbonyl (C=O) groups is 1. The fourth-order valence-corrected chi connectivity index (χ4v) is 3.18. The summed E-state index contributed by atoms with van der Waals surface area (Å²) in [5, 5.41) is 0.659. The molecule has 0 spiro atoms. The van der Waals surface area contributed by atoms with Crippen LogP contribution in [0, 0.1) is 6.92 Å². The second-order valence-corrected chi connectivity index (χ2v) is 6.17. The molecule has 0 radical (unpaired) electrons. The molecule has 0 fully saturated rings. The second kappa shape index (κ2) is 6.50. The molecule has 1 heterocycles. The normalized spacial score (nSPS) is 13.6. The van der Waals surface area contributed by atoms with Gasteiger partial charge in [0.2, 0.25) is 0 Å². The van der Waals surface area contributed by atoms with E-state index in [9.17, 15) is 4.79 Å². The Morgan fingerprint density at radius 1 is 1.30 bits per heavy atom. The monoisotopic (exact) mass is 330 g/mol. The molecular formula is C18H19ClN2O2. The Morgan fingerprint density at radius 3 is 2.78 bits per heavy atom. The van der Waals surface area contributed by atoms with Crippen LogP contribution in [-0.4, -0.2) is 17.5 Å². The van der Waals surface area contributed by atoms with Crippen molar-refractivity contribution in [1.29, 1.82) is 0 Å². The lowest BCUT2D eigenvalue weighted by Gasteiger charge is -2.30. The number of nitrogens with two attached hydrogens (primary N) is 1. The van der Waals surface area contributed by atoms with Gasteiger partial charge in [0, 0.05) is 17.3 Å². The number of nitrogen functional groups attached to an aromatic ring is 1. The molecule has 23 heavy (non-hydrogen) atoms. The average molecular weight is 331 g/mol. The van der Waals surface area contributed by atoms with Crippen molar-refractivity contribution in [2.75, 3.05) is 12.3 Å². The molecule has 0 bridgehead atoms. The first-order valence-corrected chi connectivity index (χ1v) is 7.96. The summed E-state index contributed by atoms with van der Waals surface area (Å²) in [4.78, 5) is 13.9. The van der Waals surface area contributed by atoms with E-state index in [1.54, 1.807) is 4.90 Å². The van der Waals surface area contributed by atoms with Crippen LogP contribution in [-0.2, 0) is 24.3 Å². The Hall–Kier alpha value is -2.20. The average Bonchev–Trinajstić information content (AvgIpc) is 2.58. The summed E-state index contributed by atoms with van der Waals surface area (Å²) in [5.74, 6) is 0. The third-order valence-electron chi connectivity index (χ3n) is 4.19. The Morgan fingerprint density at radius 2 is 2.04 bits per heavy atom. The molecule has 0 saturated carbocycles. The highest BCUT2D eigenvalue weighted by molar-refractivity contribution is 6.31. The van der Waals surface area contributed by atoms with Gasteiger partial charge in [-0.2, -0.15) is 0 Å². The highest BCUT2D eigenvalue weighted by atomic mass is 35.5. The lowest BCUT2D eigenvalue weighted by Crippen LogP contribution is -2.36. The van der Waals surface area contributed by atoms with Gasteiger partial charge in [-0.05, 0) is 41.7 Å². The van der Waals surface area contributed by atoms with Gasteiger partial charge in [0.1, 0.15) is 6.61 Å². The molecule has 2 aromatic carbocycles. The van der Waals surface area contributed by atoms with E-state index < -0.39 is 0 Å². The Bertz CT molecular complexity index is 732. The molecule has 5 heteroatoms. The maximum atomic E-state index is 12.3. The molecular weight excluding hydrogens is 312 g/mol. The highest BCUT2D eigenvalue weighted by Crippen LogP contribution is 2.33. The van der Waals surface area contributed by atoms with E-state index in [0.29, 0.717) is 24.5 Å². The molecule has 1 amide bonds. The molecule has 0 saturated heterocycles. The van der Waals surface area contributed by atoms with E-state index in [0.717, 1.165) is 27.9 Å². The molecule has 0 aliphatic carbocycles. The zero-order valence-electron chi connectivity index (χ0n) is 13.0. The van der Waals surface area contributed by atoms with E-state index in [2.05, 4.69) is 0 Å². The van der Waals surface area contributed by atoms with Crippen LogP contribution < -0.4 is 5.73 Å². The first-order chi connectivity index (χ1) is 11.1. The summed E-state index contributed by atoms with van der Waals surface area (Å²) in [6, 6.07) is 11.5. The highest BCUT2D eigenvalue weighted by Gasteiger charge is 2.25. The molecule has 4 nitrogen and oxygen atoms in total. The molecule has 3 rings (SSSR count). The number of rotatable bonds is 2. The number of amides is 1. The number of hydrogen-bond donors (Lipinski definition) is 1. The van der Waals surface area contributed by atoms with Gasteiger partial charge in [-0.1, -0.05) is 41.9 Å². The standard InChI is InChI=1S/C18H19ClN2O2/c1-12-9-16(19)15-10-21(8-7-14(15)17(12)20)18(22)23-11-13-5-3-2-4-6-13/h2-6,9H,7-8,10-11,20H2,1H3. The Labute approximate surface area is 140 Å². The number of anilines is 1. The maximum Gasteiger partial charge on any atom is 0.410 e. The SMILES string of the molecule is Cc1cc(Cl)c2c(c1N)CCN(C(=O)OCc1ccccc1)C2. The van der Waals surface area contributed by atoms with Crippen LogP contribution in [0.2, 0.25) is 5.02 Å². The number of ether oxygens (including phenoxy) is 1. The molecule has 0 aromatic heterocycles. The van der Waals surface area contributed by atoms with Crippen molar-refractivity contribution in [3.63, 3.8) is 0 Å². The maximum absolute atomic E-state index is 12.3. The van der Waals surface area contributed by atoms with Gasteiger partial charge in [0.25, 0.3) is 0 Å². The summed E-state index contributed by atoms with van der Waals surface area (Å²) in [6.45, 7) is 3.24. The van der Waals surface area contributed by atoms with Gasteiger partial charge in [0.05, 0.1) is 6.54 Å². The zero-order chi connectivity index (χ0) is 16.4. The van der Waals surface area contributed by atoms with E-state index in [-0.39, 0.29) is 12.7 Å². The minimum atomic E-state index is -0.324. The van der Waals surface area contributed by atoms with Crippen molar-refractivity contribution >= 4 is 23.4 Å². The summed E-state index contributed by atoms with van der Waals surface area (Å²) in [5.41, 5.74) is 10.8. The lowest BCUT2D eigenvalue weighted by molar-refractivity contribution is 0.0919. The summed E-state index contributed by atoms with van der Waals surface area (Å²) >= 11 is 6.33. The molecule has 1 aliphatic heterocycles. The number of fused-ring (bicyclic) bond motifs is 1. The van der Waals surface area contributed by atoms with Crippen molar-refractivity contribution in [2.45, 2.75) is 26.5 Å². The van der Waals surface area contributed by atoms with Gasteiger partial charge in [-0.3, -0.25) is 0 Å². The zero-order valence-corrected chi connectivity index (χ0v) is 13.8. The van der Waals surface area contributed by atoms with Crippen LogP contribution in [0.3, 0.4) is 0 Å². The molecule has 2 N–H and O–H groups in total. The van der Waals surface area contributed by atoms with Crippen molar-refractivity contribution in [3.05, 3.63) is 63.7 Å². The van der Waals surface area contributed by atoms with Gasteiger partial charge >= 0.3 is 6.09 Å². The van der Waals surface area contributed by atoms with Crippen LogP contribution >= 0.6 is 11.6 Å². The number of halogens is 1. The minimum Gasteiger partial charge on any atom is -0.445 e. The van der Waals surface area contributed by atoms with Crippen LogP contribution in [0.5, 0.6) is 0 Å². The number of aryl methyl sites for hydroxylation is 1. The van der Waals surface area contributed by atoms with Crippen molar-refractivity contribution in [1.82, 2.24) is 4.90 Å². The van der Waals surface area contributed by atoms with Crippen molar-refractivity contribution in [2.24, 2.45) is 0 Å². The smallest absolute Gasteiger partial charge is 0.410 e. The van der Waals surface area contributed by atoms with Crippen molar-refractivity contribution < 1.29 is 9.53 Å². The van der Waals surface area contributed by atoms with Crippen LogP contribution in [0.4, 0.5) is 10.5 Å². The predicted octanol–water partition coefficient (Wildman–Crippen LogP) is 3.93. The second-order valence-electron chi connectivity index (χ2n) is 5.76. The molecule has 1 aliphatic rings. The van der Waals surface area contributed by atoms with E-state index >= 15 is 0 Å². The minimum absolute atomic E-state index is 0.271. The number of nitrogens with zero attached hydrogens (tertiary/aromatic N) is 1. The fraction of sp³-hybridized carbons (Fsp3) is 0.278. The summed E-state index contributed by atoms with van der Waals surface area (Å²) in [7, 11) is 0. The summed E-state index contributed by atoms with van der Waals surface area (Å²) < 4.78 is 5.39. The van der Waals surface area contributed by atoms with E-state index in [1.165, 1.54) is 0 Å². The quantitative estimate of drug-likeness (QED) is 0.849. The third kappa shape index (κ3) is 3.27. The number of carbonyl (C=O) groups excluding carboxylic acids is 1. The first kappa shape index (κ1) is 15.7. The first-order valence-electron chi connectivity index (χ1n) is 7.58. The summed E-state index contributed by atoms with van der Waals surface area (Å²) in [6.07, 6.45) is 0.373. The number of benzene rings is 2. The van der Waals surface area contributed by atoms with Crippen LogP contribution in [0.1, 0.15) is 22.3 Å². The predicted molar refractivity (Wildman–Crippen MR) is 91.3 cm³/mol. The Balaban J connectivity index is 1.69. The van der Waals surface area contributed by atoms with Crippen LogP contribution in [0.25, 0.3) is 0 Å². The molecule has 120 valence electrons. The third-order valence-corrected chi connectivity index (χ3v) is 4.53. The Kier molecular flexibility index (Phi) is 4.44. The topological polar surface area (TPSA) is 55.6 Å². The number of hydrogen-bond acceptors (Lipinski definition) is 3. The van der Waals surface area contributed by atoms with Crippen LogP contribution in [0.15, 0.2) is 36.4 Å². The van der Waals surface area contributed by atoms with Gasteiger partial charge in [0.15, 0.2) is 0 Å². The fourth-order valence-electron chi connectivity index (χ4n) is 2.84. The van der Waals surface area contributed by atoms with Crippen molar-refractivity contribution in [3.8, 4) is 0 Å². The van der Waals surface area contributed by atoms with Gasteiger partial charge in [-0.15, -0.1) is 0 Å². The largest absolute Gasteiger partial charge is 0.445 e. The van der Waals surface area contributed by atoms with Gasteiger partial charge < -0.3 is 15.4 Å². The van der Waals surface area contributed by atoms with Gasteiger partial charge in [-0.25, -0.2) is 4.79 Å². The van der Waals surface area contributed by atoms with E-state index in [1.807, 2.05) is 43.3 Å². The molecule has 0 atom stereocenters.